The fourth-order valence-corrected chi connectivity index (χ4v) is 1.95. The molecule has 7 nitrogen and oxygen atoms in total. The van der Waals surface area contributed by atoms with Crippen molar-refractivity contribution in [3.8, 4) is 0 Å². The summed E-state index contributed by atoms with van der Waals surface area (Å²) in [5.41, 5.74) is 0. The fourth-order valence-electron chi connectivity index (χ4n) is 1.56. The summed E-state index contributed by atoms with van der Waals surface area (Å²) in [5, 5.41) is 20.5. The molecule has 1 radical (unpaired) electrons. The van der Waals surface area contributed by atoms with E-state index in [1.807, 2.05) is 0 Å². The maximum atomic E-state index is 11.3. The van der Waals surface area contributed by atoms with E-state index in [-0.39, 0.29) is 5.24 Å². The van der Waals surface area contributed by atoms with Crippen LogP contribution in [-0.2, 0) is 9.47 Å². The quantitative estimate of drug-likeness (QED) is 0.477. The normalized spacial score (nSPS) is 29.9. The maximum Gasteiger partial charge on any atom is 0.367 e. The third-order valence-corrected chi connectivity index (χ3v) is 3.42. The average Bonchev–Trinajstić information content (AvgIpc) is 2.72. The minimum Gasteiger partial charge on any atom is -0.449 e. The molecule has 1 rings (SSSR count). The molecule has 1 unspecified atom stereocenters. The van der Waals surface area contributed by atoms with Crippen molar-refractivity contribution in [2.24, 2.45) is 0 Å². The first-order valence-corrected chi connectivity index (χ1v) is 7.85. The van der Waals surface area contributed by atoms with Crippen LogP contribution in [0, 0.1) is 0 Å². The molecule has 10 heteroatoms. The molecule has 1 aliphatic rings. The summed E-state index contributed by atoms with van der Waals surface area (Å²) in [7, 11) is 1.30. The van der Waals surface area contributed by atoms with Crippen molar-refractivity contribution < 1.29 is 29.3 Å². The molecular formula is C9H15BNO6S2. The second kappa shape index (κ2) is 8.00. The SMILES string of the molecule is CSC(=O)N[B][C@@H]1O[C@H](CO)C(O)[C@@H]1OC(=O)SC. The van der Waals surface area contributed by atoms with Gasteiger partial charge in [0, 0.05) is 0 Å². The van der Waals surface area contributed by atoms with Gasteiger partial charge in [-0.2, -0.15) is 0 Å². The predicted octanol–water partition coefficient (Wildman–Crippen LogP) is -0.376. The summed E-state index contributed by atoms with van der Waals surface area (Å²) in [6.07, 6.45) is 0.192. The number of rotatable bonds is 4. The zero-order valence-corrected chi connectivity index (χ0v) is 12.1. The third kappa shape index (κ3) is 4.57. The van der Waals surface area contributed by atoms with Crippen molar-refractivity contribution in [2.75, 3.05) is 19.1 Å². The summed E-state index contributed by atoms with van der Waals surface area (Å²) >= 11 is 1.83. The van der Waals surface area contributed by atoms with Crippen LogP contribution in [0.2, 0.25) is 0 Å². The number of hydrogen-bond acceptors (Lipinski definition) is 8. The van der Waals surface area contributed by atoms with Crippen molar-refractivity contribution in [3.05, 3.63) is 0 Å². The van der Waals surface area contributed by atoms with E-state index >= 15 is 0 Å². The molecule has 3 N–H and O–H groups in total. The molecule has 1 heterocycles. The van der Waals surface area contributed by atoms with Gasteiger partial charge >= 0.3 is 5.30 Å². The van der Waals surface area contributed by atoms with Crippen molar-refractivity contribution in [1.29, 1.82) is 0 Å². The fraction of sp³-hybridized carbons (Fsp3) is 0.778. The molecule has 4 atom stereocenters. The number of nitrogens with one attached hydrogen (secondary N) is 1. The van der Waals surface area contributed by atoms with Gasteiger partial charge in [0.2, 0.25) is 0 Å². The van der Waals surface area contributed by atoms with Crippen LogP contribution in [0.3, 0.4) is 0 Å². The van der Waals surface area contributed by atoms with Crippen LogP contribution in [-0.4, -0.2) is 71.6 Å². The summed E-state index contributed by atoms with van der Waals surface area (Å²) in [6, 6.07) is -0.806. The predicted molar refractivity (Wildman–Crippen MR) is 73.3 cm³/mol. The number of aliphatic hydroxyl groups is 2. The molecule has 1 fully saturated rings. The zero-order chi connectivity index (χ0) is 14.4. The second-order valence-electron chi connectivity index (χ2n) is 3.65. The zero-order valence-electron chi connectivity index (χ0n) is 10.4. The topological polar surface area (TPSA) is 105 Å². The molecule has 0 aromatic heterocycles. The lowest BCUT2D eigenvalue weighted by Crippen LogP contribution is -2.44. The van der Waals surface area contributed by atoms with Crippen molar-refractivity contribution >= 4 is 41.5 Å². The number of hydrogen-bond donors (Lipinski definition) is 3. The highest BCUT2D eigenvalue weighted by molar-refractivity contribution is 8.13. The molecule has 1 saturated heterocycles. The molecule has 0 bridgehead atoms. The van der Waals surface area contributed by atoms with E-state index in [0.717, 1.165) is 23.5 Å². The van der Waals surface area contributed by atoms with E-state index in [2.05, 4.69) is 5.23 Å². The summed E-state index contributed by atoms with van der Waals surface area (Å²) in [4.78, 5) is 22.4. The first-order valence-electron chi connectivity index (χ1n) is 5.40. The Morgan fingerprint density at radius 1 is 1.42 bits per heavy atom. The van der Waals surface area contributed by atoms with E-state index in [0.29, 0.717) is 0 Å². The van der Waals surface area contributed by atoms with E-state index in [9.17, 15) is 14.7 Å². The molecule has 0 spiro atoms. The monoisotopic (exact) mass is 308 g/mol. The second-order valence-corrected chi connectivity index (χ2v) is 5.17. The van der Waals surface area contributed by atoms with Crippen LogP contribution in [0.15, 0.2) is 0 Å². The summed E-state index contributed by atoms with van der Waals surface area (Å²) in [6.45, 7) is -0.407. The van der Waals surface area contributed by atoms with Crippen LogP contribution in [0.1, 0.15) is 0 Å². The van der Waals surface area contributed by atoms with Crippen molar-refractivity contribution in [3.63, 3.8) is 0 Å². The van der Waals surface area contributed by atoms with Crippen LogP contribution in [0.4, 0.5) is 9.59 Å². The van der Waals surface area contributed by atoms with Gasteiger partial charge < -0.3 is 24.9 Å². The molecule has 107 valence electrons. The Kier molecular flexibility index (Phi) is 7.01. The van der Waals surface area contributed by atoms with Gasteiger partial charge in [0.15, 0.2) is 6.10 Å². The Labute approximate surface area is 120 Å². The first-order chi connectivity index (χ1) is 9.03. The number of aliphatic hydroxyl groups excluding tert-OH is 2. The number of ether oxygens (including phenoxy) is 2. The lowest BCUT2D eigenvalue weighted by atomic mass is 9.81. The average molecular weight is 308 g/mol. The highest BCUT2D eigenvalue weighted by Crippen LogP contribution is 2.24. The molecule has 0 aromatic carbocycles. The molecule has 0 saturated carbocycles. The Bertz CT molecular complexity index is 334. The summed E-state index contributed by atoms with van der Waals surface area (Å²) in [5.74, 6) is 0. The largest absolute Gasteiger partial charge is 0.449 e. The van der Waals surface area contributed by atoms with Crippen LogP contribution >= 0.6 is 23.5 Å². The summed E-state index contributed by atoms with van der Waals surface area (Å²) < 4.78 is 10.3. The van der Waals surface area contributed by atoms with E-state index in [1.54, 1.807) is 12.5 Å². The van der Waals surface area contributed by atoms with Gasteiger partial charge in [-0.15, -0.1) is 0 Å². The smallest absolute Gasteiger partial charge is 0.367 e. The van der Waals surface area contributed by atoms with Gasteiger partial charge in [-0.25, -0.2) is 4.79 Å². The van der Waals surface area contributed by atoms with Gasteiger partial charge in [-0.1, -0.05) is 11.8 Å². The molecule has 1 aliphatic heterocycles. The van der Waals surface area contributed by atoms with Gasteiger partial charge in [0.05, 0.1) is 12.6 Å². The molecule has 0 aliphatic carbocycles. The highest BCUT2D eigenvalue weighted by atomic mass is 32.2. The van der Waals surface area contributed by atoms with Crippen LogP contribution in [0.25, 0.3) is 0 Å². The Morgan fingerprint density at radius 2 is 2.11 bits per heavy atom. The maximum absolute atomic E-state index is 11.3. The minimum atomic E-state index is -1.14. The standard InChI is InChI=1S/C9H15BNO6S2/c1-18-8(14)11-10-7-6(17-9(15)19-2)5(13)4(3-12)16-7/h4-7,12-13H,3H2,1-2H3,(H,11,14)/t4-,5?,6+,7-/m1/s1. The number of amides is 1. The minimum absolute atomic E-state index is 0.305. The van der Waals surface area contributed by atoms with E-state index < -0.39 is 36.2 Å². The Morgan fingerprint density at radius 3 is 2.63 bits per heavy atom. The third-order valence-electron chi connectivity index (χ3n) is 2.50. The molecular weight excluding hydrogens is 293 g/mol. The van der Waals surface area contributed by atoms with Crippen LogP contribution < -0.4 is 5.23 Å². The van der Waals surface area contributed by atoms with Crippen molar-refractivity contribution in [1.82, 2.24) is 5.23 Å². The van der Waals surface area contributed by atoms with Gasteiger partial charge in [0.1, 0.15) is 12.2 Å². The van der Waals surface area contributed by atoms with Crippen molar-refractivity contribution in [2.45, 2.75) is 24.3 Å². The molecule has 0 aromatic rings. The lowest BCUT2D eigenvalue weighted by molar-refractivity contribution is -0.00954. The number of thioether (sulfide) groups is 2. The van der Waals surface area contributed by atoms with Gasteiger partial charge in [0.25, 0.3) is 12.7 Å². The Balaban J connectivity index is 2.63. The first kappa shape index (κ1) is 16.6. The number of carbonyl (C=O) groups excluding carboxylic acids is 2. The molecule has 1 amide bonds. The van der Waals surface area contributed by atoms with E-state index in [1.165, 1.54) is 7.41 Å². The van der Waals surface area contributed by atoms with E-state index in [4.69, 9.17) is 14.6 Å². The lowest BCUT2D eigenvalue weighted by Gasteiger charge is -2.19. The van der Waals surface area contributed by atoms with Crippen LogP contribution in [0.5, 0.6) is 0 Å². The van der Waals surface area contributed by atoms with Gasteiger partial charge in [-0.3, -0.25) is 4.79 Å². The van der Waals surface area contributed by atoms with Gasteiger partial charge in [-0.05, 0) is 24.3 Å². The Hall–Kier alpha value is -0.415. The number of carbonyl (C=O) groups is 2. The highest BCUT2D eigenvalue weighted by Gasteiger charge is 2.46. The molecule has 19 heavy (non-hydrogen) atoms.